The summed E-state index contributed by atoms with van der Waals surface area (Å²) in [4.78, 5) is 16.1. The highest BCUT2D eigenvalue weighted by atomic mass is 16.1. The number of hydrogen-bond acceptors (Lipinski definition) is 5. The van der Waals surface area contributed by atoms with Crippen LogP contribution in [0.4, 0.5) is 5.69 Å². The van der Waals surface area contributed by atoms with Gasteiger partial charge in [-0.25, -0.2) is 0 Å². The van der Waals surface area contributed by atoms with Gasteiger partial charge in [0.25, 0.3) is 0 Å². The summed E-state index contributed by atoms with van der Waals surface area (Å²) in [6.07, 6.45) is 3.91. The Morgan fingerprint density at radius 2 is 1.86 bits per heavy atom. The molecule has 0 saturated heterocycles. The van der Waals surface area contributed by atoms with Crippen LogP contribution < -0.4 is 5.32 Å². The van der Waals surface area contributed by atoms with E-state index in [9.17, 15) is 4.79 Å². The van der Waals surface area contributed by atoms with Gasteiger partial charge in [-0.15, -0.1) is 10.2 Å². The van der Waals surface area contributed by atoms with Crippen molar-refractivity contribution in [2.75, 3.05) is 5.32 Å². The predicted octanol–water partition coefficient (Wildman–Crippen LogP) is 3.84. The molecule has 1 amide bonds. The highest BCUT2D eigenvalue weighted by molar-refractivity contribution is 5.91. The van der Waals surface area contributed by atoms with Crippen molar-refractivity contribution in [3.8, 4) is 22.6 Å². The minimum atomic E-state index is 0.00865. The maximum absolute atomic E-state index is 12.1. The van der Waals surface area contributed by atoms with Crippen molar-refractivity contribution < 1.29 is 4.79 Å². The second kappa shape index (κ2) is 7.56. The van der Waals surface area contributed by atoms with Crippen molar-refractivity contribution in [1.82, 2.24) is 24.8 Å². The zero-order chi connectivity index (χ0) is 19.5. The summed E-state index contributed by atoms with van der Waals surface area (Å²) < 4.78 is 1.72. The first-order chi connectivity index (χ1) is 13.6. The van der Waals surface area contributed by atoms with Gasteiger partial charge in [-0.05, 0) is 42.3 Å². The fraction of sp³-hybridized carbons (Fsp3) is 0.190. The fourth-order valence-corrected chi connectivity index (χ4v) is 2.96. The van der Waals surface area contributed by atoms with E-state index >= 15 is 0 Å². The van der Waals surface area contributed by atoms with E-state index in [1.54, 1.807) is 16.9 Å². The van der Waals surface area contributed by atoms with Crippen LogP contribution in [0.2, 0.25) is 0 Å². The maximum atomic E-state index is 12.1. The van der Waals surface area contributed by atoms with Gasteiger partial charge in [0.15, 0.2) is 11.5 Å². The second-order valence-electron chi connectivity index (χ2n) is 6.98. The Kier molecular flexibility index (Phi) is 4.80. The molecular formula is C21H20N6O. The van der Waals surface area contributed by atoms with Crippen LogP contribution in [0, 0.1) is 5.92 Å². The smallest absolute Gasteiger partial charge is 0.224 e. The molecule has 0 aliphatic rings. The molecule has 0 fully saturated rings. The molecule has 7 nitrogen and oxygen atoms in total. The lowest BCUT2D eigenvalue weighted by Crippen LogP contribution is -2.13. The van der Waals surface area contributed by atoms with Crippen LogP contribution in [0.5, 0.6) is 0 Å². The molecule has 0 saturated carbocycles. The minimum absolute atomic E-state index is 0.00865. The lowest BCUT2D eigenvalue weighted by atomic mass is 10.1. The summed E-state index contributed by atoms with van der Waals surface area (Å²) in [5.74, 6) is 0.975. The second-order valence-corrected chi connectivity index (χ2v) is 6.98. The number of aromatic nitrogens is 5. The minimum Gasteiger partial charge on any atom is -0.326 e. The number of rotatable bonds is 5. The van der Waals surface area contributed by atoms with Gasteiger partial charge in [0.1, 0.15) is 0 Å². The third-order valence-corrected chi connectivity index (χ3v) is 4.24. The Bertz CT molecular complexity index is 1120. The summed E-state index contributed by atoms with van der Waals surface area (Å²) >= 11 is 0. The van der Waals surface area contributed by atoms with E-state index in [1.165, 1.54) is 0 Å². The van der Waals surface area contributed by atoms with E-state index < -0.39 is 0 Å². The van der Waals surface area contributed by atoms with Crippen molar-refractivity contribution in [1.29, 1.82) is 0 Å². The number of carbonyl (C=O) groups excluding carboxylic acids is 1. The van der Waals surface area contributed by atoms with Crippen molar-refractivity contribution in [2.45, 2.75) is 20.3 Å². The maximum Gasteiger partial charge on any atom is 0.224 e. The van der Waals surface area contributed by atoms with Crippen LogP contribution in [0.3, 0.4) is 0 Å². The molecule has 4 rings (SSSR count). The standard InChI is InChI=1S/C21H20N6O/c1-14(2)12-20(28)23-17-5-3-4-16(13-17)18-6-7-19-24-25-21(27(19)26-18)15-8-10-22-11-9-15/h3-11,13-14H,12H2,1-2H3,(H,23,28). The topological polar surface area (TPSA) is 85.1 Å². The molecule has 3 aromatic heterocycles. The van der Waals surface area contributed by atoms with Crippen LogP contribution in [0.1, 0.15) is 20.3 Å². The first kappa shape index (κ1) is 17.8. The third-order valence-electron chi connectivity index (χ3n) is 4.24. The van der Waals surface area contributed by atoms with E-state index in [0.717, 1.165) is 22.5 Å². The predicted molar refractivity (Wildman–Crippen MR) is 108 cm³/mol. The van der Waals surface area contributed by atoms with Gasteiger partial charge in [-0.1, -0.05) is 26.0 Å². The number of amides is 1. The summed E-state index contributed by atoms with van der Waals surface area (Å²) in [7, 11) is 0. The first-order valence-corrected chi connectivity index (χ1v) is 9.13. The molecule has 0 unspecified atom stereocenters. The van der Waals surface area contributed by atoms with Crippen molar-refractivity contribution in [3.05, 3.63) is 60.9 Å². The Labute approximate surface area is 162 Å². The van der Waals surface area contributed by atoms with Gasteiger partial charge in [0, 0.05) is 35.6 Å². The Hall–Kier alpha value is -3.61. The first-order valence-electron chi connectivity index (χ1n) is 9.13. The number of fused-ring (bicyclic) bond motifs is 1. The largest absolute Gasteiger partial charge is 0.326 e. The van der Waals surface area contributed by atoms with Gasteiger partial charge in [-0.2, -0.15) is 9.61 Å². The van der Waals surface area contributed by atoms with Gasteiger partial charge < -0.3 is 5.32 Å². The Balaban J connectivity index is 1.68. The summed E-state index contributed by atoms with van der Waals surface area (Å²) in [5.41, 5.74) is 3.98. The molecule has 3 heterocycles. The molecule has 0 spiro atoms. The molecule has 0 aliphatic heterocycles. The van der Waals surface area contributed by atoms with Crippen LogP contribution in [-0.4, -0.2) is 30.7 Å². The highest BCUT2D eigenvalue weighted by Gasteiger charge is 2.11. The Morgan fingerprint density at radius 3 is 2.64 bits per heavy atom. The molecule has 4 aromatic rings. The van der Waals surface area contributed by atoms with Crippen LogP contribution in [-0.2, 0) is 4.79 Å². The zero-order valence-electron chi connectivity index (χ0n) is 15.7. The molecule has 0 aliphatic carbocycles. The average Bonchev–Trinajstić information content (AvgIpc) is 3.11. The molecule has 0 bridgehead atoms. The summed E-state index contributed by atoms with van der Waals surface area (Å²) in [5, 5.41) is 16.1. The number of pyridine rings is 1. The molecule has 7 heteroatoms. The third kappa shape index (κ3) is 3.73. The SMILES string of the molecule is CC(C)CC(=O)Nc1cccc(-c2ccc3nnc(-c4ccncc4)n3n2)c1. The number of carbonyl (C=O) groups is 1. The monoisotopic (exact) mass is 372 g/mol. The molecule has 0 atom stereocenters. The van der Waals surface area contributed by atoms with Gasteiger partial charge in [0.05, 0.1) is 5.69 Å². The number of benzene rings is 1. The van der Waals surface area contributed by atoms with Crippen LogP contribution in [0.15, 0.2) is 60.9 Å². The lowest BCUT2D eigenvalue weighted by molar-refractivity contribution is -0.116. The number of nitrogens with zero attached hydrogens (tertiary/aromatic N) is 5. The number of hydrogen-bond donors (Lipinski definition) is 1. The molecule has 140 valence electrons. The average molecular weight is 372 g/mol. The Morgan fingerprint density at radius 1 is 1.04 bits per heavy atom. The van der Waals surface area contributed by atoms with E-state index in [2.05, 4.69) is 20.5 Å². The molecule has 1 N–H and O–H groups in total. The van der Waals surface area contributed by atoms with Crippen LogP contribution >= 0.6 is 0 Å². The quantitative estimate of drug-likeness (QED) is 0.575. The van der Waals surface area contributed by atoms with E-state index in [1.807, 2.05) is 62.4 Å². The van der Waals surface area contributed by atoms with E-state index in [-0.39, 0.29) is 5.91 Å². The normalized spacial score (nSPS) is 11.1. The number of nitrogens with one attached hydrogen (secondary N) is 1. The highest BCUT2D eigenvalue weighted by Crippen LogP contribution is 2.23. The summed E-state index contributed by atoms with van der Waals surface area (Å²) in [6.45, 7) is 4.04. The molecule has 28 heavy (non-hydrogen) atoms. The molecular weight excluding hydrogens is 352 g/mol. The van der Waals surface area contributed by atoms with Crippen molar-refractivity contribution in [2.24, 2.45) is 5.92 Å². The summed E-state index contributed by atoms with van der Waals surface area (Å²) in [6, 6.07) is 15.2. The molecule has 1 aromatic carbocycles. The van der Waals surface area contributed by atoms with Crippen molar-refractivity contribution >= 4 is 17.2 Å². The van der Waals surface area contributed by atoms with Gasteiger partial charge >= 0.3 is 0 Å². The zero-order valence-corrected chi connectivity index (χ0v) is 15.7. The lowest BCUT2D eigenvalue weighted by Gasteiger charge is -2.09. The van der Waals surface area contributed by atoms with Crippen molar-refractivity contribution in [3.63, 3.8) is 0 Å². The molecule has 0 radical (unpaired) electrons. The van der Waals surface area contributed by atoms with Gasteiger partial charge in [0.2, 0.25) is 5.91 Å². The number of anilines is 1. The van der Waals surface area contributed by atoms with Crippen LogP contribution in [0.25, 0.3) is 28.3 Å². The van der Waals surface area contributed by atoms with Gasteiger partial charge in [-0.3, -0.25) is 9.78 Å². The fourth-order valence-electron chi connectivity index (χ4n) is 2.96. The van der Waals surface area contributed by atoms with E-state index in [0.29, 0.717) is 23.8 Å². The van der Waals surface area contributed by atoms with E-state index in [4.69, 9.17) is 5.10 Å².